The van der Waals surface area contributed by atoms with E-state index in [0.717, 1.165) is 43.3 Å². The predicted molar refractivity (Wildman–Crippen MR) is 100.0 cm³/mol. The van der Waals surface area contributed by atoms with E-state index >= 15 is 0 Å². The average molecular weight is 356 g/mol. The summed E-state index contributed by atoms with van der Waals surface area (Å²) in [5, 5.41) is 0. The molecular formula is C20H28N4O2+2. The maximum atomic E-state index is 13.0. The molecule has 3 N–H and O–H groups in total. The molecule has 3 rings (SSSR count). The average Bonchev–Trinajstić information content (AvgIpc) is 2.95. The highest BCUT2D eigenvalue weighted by Gasteiger charge is 2.34. The van der Waals surface area contributed by atoms with Crippen LogP contribution in [0.15, 0.2) is 24.4 Å². The lowest BCUT2D eigenvalue weighted by atomic mass is 10.0. The molecule has 6 nitrogen and oxygen atoms in total. The smallest absolute Gasteiger partial charge is 0.274 e. The number of nitrogens with one attached hydrogen (secondary N) is 3. The number of aromatic amines is 2. The molecule has 0 unspecified atom stereocenters. The first-order chi connectivity index (χ1) is 12.4. The number of ketones is 2. The van der Waals surface area contributed by atoms with Gasteiger partial charge in [0.15, 0.2) is 11.8 Å². The van der Waals surface area contributed by atoms with Crippen LogP contribution in [0.3, 0.4) is 0 Å². The van der Waals surface area contributed by atoms with Crippen molar-refractivity contribution in [3.63, 3.8) is 0 Å². The number of anilines is 1. The summed E-state index contributed by atoms with van der Waals surface area (Å²) in [4.78, 5) is 34.9. The summed E-state index contributed by atoms with van der Waals surface area (Å²) in [6, 6.07) is 5.95. The van der Waals surface area contributed by atoms with E-state index in [1.54, 1.807) is 6.92 Å². The monoisotopic (exact) mass is 356 g/mol. The first kappa shape index (κ1) is 18.3. The van der Waals surface area contributed by atoms with Gasteiger partial charge in [0.2, 0.25) is 5.78 Å². The van der Waals surface area contributed by atoms with Gasteiger partial charge in [-0.2, -0.15) is 0 Å². The minimum Gasteiger partial charge on any atom is -0.355 e. The molecule has 1 fully saturated rings. The van der Waals surface area contributed by atoms with Crippen molar-refractivity contribution in [1.29, 1.82) is 0 Å². The number of Topliss-reactive ketones (excluding diaryl/α,β-unsaturated/α-hetero) is 2. The summed E-state index contributed by atoms with van der Waals surface area (Å²) in [5.41, 5.74) is 2.81. The largest absolute Gasteiger partial charge is 0.355 e. The molecule has 1 saturated heterocycles. The van der Waals surface area contributed by atoms with Crippen LogP contribution < -0.4 is 14.8 Å². The van der Waals surface area contributed by atoms with Gasteiger partial charge in [-0.3, -0.25) is 14.5 Å². The zero-order valence-electron chi connectivity index (χ0n) is 16.0. The number of carbonyl (C=O) groups excluding carboxylic acids is 2. The molecular weight excluding hydrogens is 328 g/mol. The van der Waals surface area contributed by atoms with E-state index in [2.05, 4.69) is 20.9 Å². The first-order valence-corrected chi connectivity index (χ1v) is 9.20. The van der Waals surface area contributed by atoms with E-state index in [4.69, 9.17) is 0 Å². The highest BCUT2D eigenvalue weighted by molar-refractivity contribution is 6.04. The van der Waals surface area contributed by atoms with Gasteiger partial charge in [-0.25, -0.2) is 4.98 Å². The van der Waals surface area contributed by atoms with Crippen molar-refractivity contribution in [3.8, 4) is 0 Å². The van der Waals surface area contributed by atoms with Crippen molar-refractivity contribution in [2.75, 3.05) is 31.1 Å². The summed E-state index contributed by atoms with van der Waals surface area (Å²) in [6.07, 6.45) is 1.93. The van der Waals surface area contributed by atoms with Crippen LogP contribution in [0.1, 0.15) is 46.0 Å². The highest BCUT2D eigenvalue weighted by atomic mass is 16.1. The van der Waals surface area contributed by atoms with Gasteiger partial charge in [-0.15, -0.1) is 0 Å². The van der Waals surface area contributed by atoms with Crippen LogP contribution in [0.5, 0.6) is 0 Å². The van der Waals surface area contributed by atoms with Crippen LogP contribution >= 0.6 is 0 Å². The summed E-state index contributed by atoms with van der Waals surface area (Å²) in [6.45, 7) is 10.9. The second-order valence-corrected chi connectivity index (χ2v) is 7.16. The standard InChI is InChI=1S/C20H26N4O2/c1-13-18(16(4)25)14(2)22-19(13)20(26)15(3)23-9-11-24(12-10-23)17-7-5-6-8-21-17/h5-8,15,22H,9-12H2,1-4H3/p+2/t15-/m0/s1. The van der Waals surface area contributed by atoms with Crippen LogP contribution in [0.4, 0.5) is 5.82 Å². The van der Waals surface area contributed by atoms with Crippen LogP contribution in [0.2, 0.25) is 0 Å². The second kappa shape index (κ2) is 7.41. The van der Waals surface area contributed by atoms with Gasteiger partial charge in [0.1, 0.15) is 26.2 Å². The Hall–Kier alpha value is -2.47. The van der Waals surface area contributed by atoms with Crippen LogP contribution in [-0.4, -0.2) is 48.8 Å². The molecule has 0 aromatic carbocycles. The first-order valence-electron chi connectivity index (χ1n) is 9.20. The van der Waals surface area contributed by atoms with Gasteiger partial charge in [0.05, 0.1) is 11.9 Å². The van der Waals surface area contributed by atoms with E-state index in [-0.39, 0.29) is 17.6 Å². The lowest BCUT2D eigenvalue weighted by Gasteiger charge is -2.31. The lowest BCUT2D eigenvalue weighted by molar-refractivity contribution is -0.914. The van der Waals surface area contributed by atoms with E-state index in [1.165, 1.54) is 4.90 Å². The van der Waals surface area contributed by atoms with E-state index < -0.39 is 0 Å². The summed E-state index contributed by atoms with van der Waals surface area (Å²) >= 11 is 0. The molecule has 0 bridgehead atoms. The molecule has 1 aliphatic rings. The fraction of sp³-hybridized carbons (Fsp3) is 0.450. The molecule has 26 heavy (non-hydrogen) atoms. The Balaban J connectivity index is 1.69. The Kier molecular flexibility index (Phi) is 5.23. The van der Waals surface area contributed by atoms with Crippen molar-refractivity contribution in [2.45, 2.75) is 33.7 Å². The number of H-pyrrole nitrogens is 2. The summed E-state index contributed by atoms with van der Waals surface area (Å²) < 4.78 is 0. The number of rotatable bonds is 5. The van der Waals surface area contributed by atoms with Crippen LogP contribution in [-0.2, 0) is 0 Å². The van der Waals surface area contributed by atoms with E-state index in [1.807, 2.05) is 39.1 Å². The number of aryl methyl sites for hydroxylation is 1. The van der Waals surface area contributed by atoms with Crippen molar-refractivity contribution in [2.24, 2.45) is 0 Å². The highest BCUT2D eigenvalue weighted by Crippen LogP contribution is 2.19. The minimum absolute atomic E-state index is 0.00280. The molecule has 2 aromatic rings. The summed E-state index contributed by atoms with van der Waals surface area (Å²) in [7, 11) is 0. The van der Waals surface area contributed by atoms with Crippen molar-refractivity contribution in [1.82, 2.24) is 4.98 Å². The zero-order valence-corrected chi connectivity index (χ0v) is 16.0. The number of nitrogens with zero attached hydrogens (tertiary/aromatic N) is 1. The van der Waals surface area contributed by atoms with Gasteiger partial charge >= 0.3 is 0 Å². The van der Waals surface area contributed by atoms with Gasteiger partial charge < -0.3 is 9.88 Å². The van der Waals surface area contributed by atoms with Gasteiger partial charge in [0, 0.05) is 17.3 Å². The fourth-order valence-electron chi connectivity index (χ4n) is 3.97. The molecule has 6 heteroatoms. The molecule has 0 radical (unpaired) electrons. The van der Waals surface area contributed by atoms with Crippen molar-refractivity contribution >= 4 is 17.4 Å². The van der Waals surface area contributed by atoms with Crippen LogP contribution in [0, 0.1) is 13.8 Å². The van der Waals surface area contributed by atoms with Gasteiger partial charge in [-0.05, 0) is 39.3 Å². The van der Waals surface area contributed by atoms with Crippen molar-refractivity contribution < 1.29 is 19.5 Å². The molecule has 0 aliphatic carbocycles. The molecule has 138 valence electrons. The van der Waals surface area contributed by atoms with Gasteiger partial charge in [0.25, 0.3) is 5.82 Å². The third-order valence-corrected chi connectivity index (χ3v) is 5.48. The van der Waals surface area contributed by atoms with Crippen molar-refractivity contribution in [3.05, 3.63) is 46.9 Å². The maximum Gasteiger partial charge on any atom is 0.274 e. The molecule has 0 amide bonds. The number of piperazine rings is 1. The third-order valence-electron chi connectivity index (χ3n) is 5.48. The number of quaternary nitrogens is 1. The molecule has 3 heterocycles. The second-order valence-electron chi connectivity index (χ2n) is 7.16. The molecule has 0 saturated carbocycles. The molecule has 1 atom stereocenters. The molecule has 2 aromatic heterocycles. The number of carbonyl (C=O) groups is 2. The SMILES string of the molecule is CC(=O)c1c(C)[nH]c(C(=O)[C@H](C)[NH+]2CCN(c3cccc[nH+]3)CC2)c1C. The van der Waals surface area contributed by atoms with Gasteiger partial charge in [-0.1, -0.05) is 6.07 Å². The Morgan fingerprint density at radius 1 is 1.23 bits per heavy atom. The Morgan fingerprint density at radius 3 is 2.46 bits per heavy atom. The minimum atomic E-state index is -0.131. The maximum absolute atomic E-state index is 13.0. The zero-order chi connectivity index (χ0) is 18.8. The normalized spacial score (nSPS) is 16.5. The topological polar surface area (TPSA) is 71.8 Å². The predicted octanol–water partition coefficient (Wildman–Crippen LogP) is 0.625. The van der Waals surface area contributed by atoms with Crippen LogP contribution in [0.25, 0.3) is 0 Å². The molecule has 1 aliphatic heterocycles. The quantitative estimate of drug-likeness (QED) is 0.772. The Labute approximate surface area is 154 Å². The number of hydrogen-bond donors (Lipinski definition) is 2. The number of hydrogen-bond acceptors (Lipinski definition) is 3. The summed E-state index contributed by atoms with van der Waals surface area (Å²) in [5.74, 6) is 1.21. The fourth-order valence-corrected chi connectivity index (χ4v) is 3.97. The third kappa shape index (κ3) is 3.42. The van der Waals surface area contributed by atoms with E-state index in [0.29, 0.717) is 11.3 Å². The number of aromatic nitrogens is 2. The number of pyridine rings is 1. The Morgan fingerprint density at radius 2 is 1.92 bits per heavy atom. The Bertz CT molecular complexity index is 805. The van der Waals surface area contributed by atoms with E-state index in [9.17, 15) is 9.59 Å². The lowest BCUT2D eigenvalue weighted by Crippen LogP contribution is -3.18. The molecule has 0 spiro atoms.